The van der Waals surface area contributed by atoms with Crippen LogP contribution in [-0.2, 0) is 0 Å². The molecular formula is C25H22Cl2N2S2. The molecule has 6 heteroatoms. The van der Waals surface area contributed by atoms with E-state index in [-0.39, 0.29) is 0 Å². The lowest BCUT2D eigenvalue weighted by Gasteiger charge is -2.14. The van der Waals surface area contributed by atoms with E-state index in [1.807, 2.05) is 30.5 Å². The van der Waals surface area contributed by atoms with E-state index >= 15 is 0 Å². The van der Waals surface area contributed by atoms with Gasteiger partial charge >= 0.3 is 0 Å². The number of hydrogen-bond donors (Lipinski definition) is 1. The van der Waals surface area contributed by atoms with E-state index in [0.717, 1.165) is 50.0 Å². The average molecular weight is 486 g/mol. The Morgan fingerprint density at radius 3 is 2.26 bits per heavy atom. The van der Waals surface area contributed by atoms with E-state index in [0.29, 0.717) is 15.3 Å². The molecule has 1 atom stereocenters. The minimum Gasteiger partial charge on any atom is -0.398 e. The first-order valence-corrected chi connectivity index (χ1v) is 12.5. The molecule has 3 aromatic carbocycles. The third-order valence-corrected chi connectivity index (χ3v) is 7.78. The number of halogens is 2. The Morgan fingerprint density at radius 1 is 0.871 bits per heavy atom. The highest BCUT2D eigenvalue weighted by Gasteiger charge is 2.12. The van der Waals surface area contributed by atoms with Crippen molar-refractivity contribution in [3.05, 3.63) is 82.3 Å². The van der Waals surface area contributed by atoms with E-state index in [1.54, 1.807) is 23.5 Å². The number of nitrogens with two attached hydrogens (primary N) is 1. The van der Waals surface area contributed by atoms with Gasteiger partial charge in [-0.15, -0.1) is 23.5 Å². The van der Waals surface area contributed by atoms with Crippen LogP contribution in [0.15, 0.2) is 81.5 Å². The van der Waals surface area contributed by atoms with E-state index < -0.39 is 0 Å². The van der Waals surface area contributed by atoms with E-state index in [9.17, 15) is 0 Å². The largest absolute Gasteiger partial charge is 0.398 e. The lowest BCUT2D eigenvalue weighted by Crippen LogP contribution is -1.92. The lowest BCUT2D eigenvalue weighted by molar-refractivity contribution is 1.09. The SMILES string of the molecule is CC(Sc1ccc(N)c(Cl)c1)Sc1ccc(-c2cccc(C3=CCCC=N3)c2)c(Cl)c1. The second-order valence-electron chi connectivity index (χ2n) is 7.19. The maximum atomic E-state index is 6.69. The monoisotopic (exact) mass is 484 g/mol. The molecule has 0 aliphatic carbocycles. The first kappa shape index (κ1) is 22.3. The molecule has 31 heavy (non-hydrogen) atoms. The van der Waals surface area contributed by atoms with Crippen LogP contribution < -0.4 is 5.73 Å². The molecular weight excluding hydrogens is 463 g/mol. The minimum absolute atomic E-state index is 0.293. The third kappa shape index (κ3) is 5.69. The maximum absolute atomic E-state index is 6.69. The average Bonchev–Trinajstić information content (AvgIpc) is 2.77. The minimum atomic E-state index is 0.293. The van der Waals surface area contributed by atoms with Gasteiger partial charge in [0.05, 0.1) is 21.0 Å². The van der Waals surface area contributed by atoms with Gasteiger partial charge in [0, 0.05) is 32.2 Å². The van der Waals surface area contributed by atoms with E-state index in [4.69, 9.17) is 28.9 Å². The molecule has 2 nitrogen and oxygen atoms in total. The fourth-order valence-corrected chi connectivity index (χ4v) is 6.23. The molecule has 2 N–H and O–H groups in total. The van der Waals surface area contributed by atoms with Crippen LogP contribution in [0, 0.1) is 0 Å². The molecule has 0 saturated heterocycles. The van der Waals surface area contributed by atoms with Crippen LogP contribution in [0.1, 0.15) is 25.3 Å². The summed E-state index contributed by atoms with van der Waals surface area (Å²) in [4.78, 5) is 6.76. The molecule has 1 unspecified atom stereocenters. The molecule has 4 rings (SSSR count). The number of benzene rings is 3. The van der Waals surface area contributed by atoms with Gasteiger partial charge in [0.15, 0.2) is 0 Å². The zero-order chi connectivity index (χ0) is 21.8. The fourth-order valence-electron chi connectivity index (χ4n) is 3.34. The Kier molecular flexibility index (Phi) is 7.34. The Hall–Kier alpha value is -1.85. The number of anilines is 1. The number of allylic oxidation sites excluding steroid dienone is 1. The van der Waals surface area contributed by atoms with Crippen molar-refractivity contribution in [3.8, 4) is 11.1 Å². The second kappa shape index (κ2) is 10.2. The van der Waals surface area contributed by atoms with Gasteiger partial charge in [0.2, 0.25) is 0 Å². The fraction of sp³-hybridized carbons (Fsp3) is 0.160. The van der Waals surface area contributed by atoms with Crippen LogP contribution in [0.5, 0.6) is 0 Å². The molecule has 0 spiro atoms. The molecule has 0 amide bonds. The quantitative estimate of drug-likeness (QED) is 0.216. The molecule has 0 bridgehead atoms. The van der Waals surface area contributed by atoms with Crippen LogP contribution in [0.4, 0.5) is 5.69 Å². The first-order chi connectivity index (χ1) is 15.0. The van der Waals surface area contributed by atoms with Crippen LogP contribution in [0.25, 0.3) is 16.8 Å². The van der Waals surface area contributed by atoms with Gasteiger partial charge in [-0.25, -0.2) is 0 Å². The molecule has 0 saturated carbocycles. The second-order valence-corrected chi connectivity index (χ2v) is 11.1. The molecule has 1 aliphatic heterocycles. The Labute approximate surface area is 201 Å². The summed E-state index contributed by atoms with van der Waals surface area (Å²) in [6.07, 6.45) is 6.22. The van der Waals surface area contributed by atoms with E-state index in [1.165, 1.54) is 0 Å². The summed E-state index contributed by atoms with van der Waals surface area (Å²) in [5.74, 6) is 0. The Morgan fingerprint density at radius 2 is 1.58 bits per heavy atom. The molecule has 1 aliphatic rings. The van der Waals surface area contributed by atoms with Crippen molar-refractivity contribution < 1.29 is 0 Å². The van der Waals surface area contributed by atoms with Crippen molar-refractivity contribution in [3.63, 3.8) is 0 Å². The van der Waals surface area contributed by atoms with Crippen LogP contribution in [-0.4, -0.2) is 10.8 Å². The van der Waals surface area contributed by atoms with Gasteiger partial charge in [-0.2, -0.15) is 0 Å². The smallest absolute Gasteiger partial charge is 0.0658 e. The summed E-state index contributed by atoms with van der Waals surface area (Å²) in [5, 5.41) is 1.34. The van der Waals surface area contributed by atoms with Crippen molar-refractivity contribution >= 4 is 64.3 Å². The van der Waals surface area contributed by atoms with Gasteiger partial charge < -0.3 is 5.73 Å². The van der Waals surface area contributed by atoms with E-state index in [2.05, 4.69) is 54.4 Å². The van der Waals surface area contributed by atoms with Gasteiger partial charge in [0.1, 0.15) is 0 Å². The van der Waals surface area contributed by atoms with Crippen molar-refractivity contribution in [2.75, 3.05) is 5.73 Å². The van der Waals surface area contributed by atoms with Gasteiger partial charge in [-0.3, -0.25) is 4.99 Å². The molecule has 1 heterocycles. The van der Waals surface area contributed by atoms with Gasteiger partial charge in [-0.05, 0) is 61.7 Å². The van der Waals surface area contributed by atoms with Crippen molar-refractivity contribution in [2.45, 2.75) is 34.1 Å². The first-order valence-electron chi connectivity index (χ1n) is 10.0. The van der Waals surface area contributed by atoms with Crippen LogP contribution in [0.3, 0.4) is 0 Å². The maximum Gasteiger partial charge on any atom is 0.0658 e. The predicted molar refractivity (Wildman–Crippen MR) is 140 cm³/mol. The van der Waals surface area contributed by atoms with Gasteiger partial charge in [-0.1, -0.05) is 53.5 Å². The molecule has 3 aromatic rings. The van der Waals surface area contributed by atoms with Crippen LogP contribution in [0.2, 0.25) is 10.0 Å². The highest BCUT2D eigenvalue weighted by Crippen LogP contribution is 2.39. The van der Waals surface area contributed by atoms with Crippen molar-refractivity contribution in [1.29, 1.82) is 0 Å². The molecule has 0 radical (unpaired) electrons. The summed E-state index contributed by atoms with van der Waals surface area (Å²) in [5.41, 5.74) is 10.7. The zero-order valence-electron chi connectivity index (χ0n) is 17.0. The van der Waals surface area contributed by atoms with Crippen molar-refractivity contribution in [2.24, 2.45) is 4.99 Å². The highest BCUT2D eigenvalue weighted by molar-refractivity contribution is 8.17. The highest BCUT2D eigenvalue weighted by atomic mass is 35.5. The third-order valence-electron chi connectivity index (χ3n) is 4.85. The molecule has 0 aromatic heterocycles. The van der Waals surface area contributed by atoms with Gasteiger partial charge in [0.25, 0.3) is 0 Å². The topological polar surface area (TPSA) is 38.4 Å². The number of nitrogens with zero attached hydrogens (tertiary/aromatic N) is 1. The number of aliphatic imine (C=N–C) groups is 1. The Bertz CT molecular complexity index is 1160. The summed E-state index contributed by atoms with van der Waals surface area (Å²) < 4.78 is 0.293. The number of thioether (sulfide) groups is 2. The number of nitrogen functional groups attached to an aromatic ring is 1. The lowest BCUT2D eigenvalue weighted by atomic mass is 10.0. The summed E-state index contributed by atoms with van der Waals surface area (Å²) in [6.45, 7) is 2.17. The zero-order valence-corrected chi connectivity index (χ0v) is 20.2. The normalized spacial score (nSPS) is 14.4. The molecule has 0 fully saturated rings. The number of rotatable bonds is 6. The molecule has 158 valence electrons. The number of hydrogen-bond acceptors (Lipinski definition) is 4. The predicted octanol–water partition coefficient (Wildman–Crippen LogP) is 8.68. The summed E-state index contributed by atoms with van der Waals surface area (Å²) >= 11 is 16.3. The van der Waals surface area contributed by atoms with Crippen LogP contribution >= 0.6 is 46.7 Å². The van der Waals surface area contributed by atoms with Crippen molar-refractivity contribution in [1.82, 2.24) is 0 Å². The Balaban J connectivity index is 1.48. The summed E-state index contributed by atoms with van der Waals surface area (Å²) in [7, 11) is 0. The standard InChI is InChI=1S/C25H22Cl2N2S2/c1-16(31-20-9-11-24(28)23(27)15-20)30-19-8-10-21(22(26)14-19)17-5-4-6-18(13-17)25-7-2-3-12-29-25/h4-16H,2-3,28H2,1H3. The summed E-state index contributed by atoms with van der Waals surface area (Å²) in [6, 6.07) is 20.4.